The van der Waals surface area contributed by atoms with E-state index in [1.54, 1.807) is 24.3 Å². The molecule has 0 aliphatic heterocycles. The maximum absolute atomic E-state index is 10.6. The highest BCUT2D eigenvalue weighted by Crippen LogP contribution is 2.19. The summed E-state index contributed by atoms with van der Waals surface area (Å²) in [7, 11) is -1.85. The first-order valence-corrected chi connectivity index (χ1v) is 11.5. The molecule has 25 heavy (non-hydrogen) atoms. The summed E-state index contributed by atoms with van der Waals surface area (Å²) in [5.74, 6) is 0.910. The molecule has 0 saturated carbocycles. The molecule has 1 aromatic carbocycles. The molecule has 8 heteroatoms. The number of nitrogens with zero attached hydrogens (tertiary/aromatic N) is 3. The smallest absolute Gasteiger partial charge is 0.186 e. The van der Waals surface area contributed by atoms with Crippen LogP contribution in [0.15, 0.2) is 29.4 Å². The Morgan fingerprint density at radius 3 is 2.64 bits per heavy atom. The maximum atomic E-state index is 10.6. The van der Waals surface area contributed by atoms with Crippen LogP contribution in [0.1, 0.15) is 23.7 Å². The number of hydrogen-bond donors (Lipinski definition) is 1. The Labute approximate surface area is 149 Å². The molecule has 0 amide bonds. The number of hydrogen-bond acceptors (Lipinski definition) is 5. The Morgan fingerprint density at radius 1 is 1.36 bits per heavy atom. The van der Waals surface area contributed by atoms with Crippen LogP contribution in [0, 0.1) is 5.92 Å². The maximum Gasteiger partial charge on any atom is 0.186 e. The molecule has 2 atom stereocenters. The molecule has 0 bridgehead atoms. The molecule has 1 N–H and O–H groups in total. The van der Waals surface area contributed by atoms with E-state index in [0.717, 1.165) is 12.3 Å². The van der Waals surface area contributed by atoms with Gasteiger partial charge in [-0.25, -0.2) is 0 Å². The number of aldehydes is 1. The highest BCUT2D eigenvalue weighted by molar-refractivity contribution is 6.71. The van der Waals surface area contributed by atoms with Crippen molar-refractivity contribution in [2.45, 2.75) is 38.6 Å². The zero-order valence-electron chi connectivity index (χ0n) is 15.1. The first-order chi connectivity index (χ1) is 11.9. The van der Waals surface area contributed by atoms with Crippen molar-refractivity contribution in [2.75, 3.05) is 19.8 Å². The predicted molar refractivity (Wildman–Crippen MR) is 99.4 cm³/mol. The summed E-state index contributed by atoms with van der Waals surface area (Å²) in [4.78, 5) is 13.4. The second-order valence-electron chi connectivity index (χ2n) is 6.77. The van der Waals surface area contributed by atoms with E-state index < -0.39 is 14.4 Å². The van der Waals surface area contributed by atoms with Gasteiger partial charge in [0.2, 0.25) is 0 Å². The molecule has 0 spiro atoms. The lowest BCUT2D eigenvalue weighted by Gasteiger charge is -2.26. The lowest BCUT2D eigenvalue weighted by molar-refractivity contribution is 0.0844. The van der Waals surface area contributed by atoms with E-state index in [2.05, 4.69) is 23.1 Å². The number of aliphatic hydroxyl groups excluding tert-OH is 1. The quantitative estimate of drug-likeness (QED) is 0.200. The van der Waals surface area contributed by atoms with E-state index in [0.29, 0.717) is 36.8 Å². The second-order valence-corrected chi connectivity index (χ2v) is 11.0. The van der Waals surface area contributed by atoms with Crippen molar-refractivity contribution in [3.63, 3.8) is 0 Å². The molecule has 0 aromatic heterocycles. The van der Waals surface area contributed by atoms with E-state index >= 15 is 0 Å². The molecule has 1 rings (SSSR count). The van der Waals surface area contributed by atoms with Crippen LogP contribution in [0.2, 0.25) is 19.1 Å². The first-order valence-electron chi connectivity index (χ1n) is 8.37. The van der Waals surface area contributed by atoms with Crippen molar-refractivity contribution in [3.05, 3.63) is 40.3 Å². The van der Waals surface area contributed by atoms with E-state index in [9.17, 15) is 9.90 Å². The van der Waals surface area contributed by atoms with Gasteiger partial charge >= 0.3 is 0 Å². The van der Waals surface area contributed by atoms with Crippen LogP contribution >= 0.6 is 0 Å². The van der Waals surface area contributed by atoms with Gasteiger partial charge in [0.15, 0.2) is 8.32 Å². The van der Waals surface area contributed by atoms with Crippen LogP contribution in [0.3, 0.4) is 0 Å². The molecule has 1 unspecified atom stereocenters. The standard InChI is InChI=1S/C17H27N3O4Si/c1-14(10-19-20-18)13-25(2,3)24-9-8-16(22)12-23-17-6-4-15(11-21)5-7-17/h4-7,11,14,16,22H,8-10,12-13H2,1-3H3/t14?,16-/m1/s1. The lowest BCUT2D eigenvalue weighted by Crippen LogP contribution is -2.34. The van der Waals surface area contributed by atoms with Gasteiger partial charge in [-0.3, -0.25) is 4.79 Å². The molecule has 138 valence electrons. The molecular formula is C17H27N3O4Si. The monoisotopic (exact) mass is 365 g/mol. The molecule has 0 aliphatic carbocycles. The van der Waals surface area contributed by atoms with Gasteiger partial charge in [0, 0.05) is 23.6 Å². The zero-order chi connectivity index (χ0) is 18.7. The van der Waals surface area contributed by atoms with Crippen molar-refractivity contribution < 1.29 is 19.1 Å². The molecule has 0 aliphatic rings. The third-order valence-corrected chi connectivity index (χ3v) is 6.36. The Hall–Kier alpha value is -1.86. The normalized spacial score (nSPS) is 13.6. The highest BCUT2D eigenvalue weighted by Gasteiger charge is 2.25. The summed E-state index contributed by atoms with van der Waals surface area (Å²) >= 11 is 0. The van der Waals surface area contributed by atoms with Crippen molar-refractivity contribution in [1.29, 1.82) is 0 Å². The van der Waals surface area contributed by atoms with Crippen LogP contribution in [-0.4, -0.2) is 45.6 Å². The third-order valence-electron chi connectivity index (χ3n) is 3.70. The molecule has 0 saturated heterocycles. The Bertz CT molecular complexity index is 574. The minimum absolute atomic E-state index is 0.180. The topological polar surface area (TPSA) is 105 Å². The Morgan fingerprint density at radius 2 is 2.04 bits per heavy atom. The van der Waals surface area contributed by atoms with E-state index in [1.807, 2.05) is 6.92 Å². The van der Waals surface area contributed by atoms with Gasteiger partial charge in [-0.1, -0.05) is 12.0 Å². The van der Waals surface area contributed by atoms with Crippen molar-refractivity contribution >= 4 is 14.6 Å². The first kappa shape index (κ1) is 21.2. The minimum Gasteiger partial charge on any atom is -0.491 e. The number of carbonyl (C=O) groups excluding carboxylic acids is 1. The molecular weight excluding hydrogens is 338 g/mol. The largest absolute Gasteiger partial charge is 0.491 e. The number of benzene rings is 1. The lowest BCUT2D eigenvalue weighted by atomic mass is 10.2. The fourth-order valence-corrected chi connectivity index (χ4v) is 5.12. The average molecular weight is 366 g/mol. The molecule has 7 nitrogen and oxygen atoms in total. The van der Waals surface area contributed by atoms with E-state index in [4.69, 9.17) is 14.7 Å². The van der Waals surface area contributed by atoms with Gasteiger partial charge in [-0.05, 0) is 61.3 Å². The van der Waals surface area contributed by atoms with Crippen LogP contribution in [0.4, 0.5) is 0 Å². The third kappa shape index (κ3) is 9.26. The number of ether oxygens (including phenoxy) is 1. The molecule has 0 radical (unpaired) electrons. The number of azide groups is 1. The SMILES string of the molecule is CC(CN=[N+]=[N-])C[Si](C)(C)OCC[C@@H](O)COc1ccc(C=O)cc1. The molecule has 0 heterocycles. The highest BCUT2D eigenvalue weighted by atomic mass is 28.4. The van der Waals surface area contributed by atoms with Gasteiger partial charge in [-0.2, -0.15) is 0 Å². The predicted octanol–water partition coefficient (Wildman–Crippen LogP) is 3.80. The van der Waals surface area contributed by atoms with Crippen LogP contribution in [-0.2, 0) is 4.43 Å². The zero-order valence-corrected chi connectivity index (χ0v) is 16.1. The summed E-state index contributed by atoms with van der Waals surface area (Å²) in [6, 6.07) is 7.65. The number of rotatable bonds is 12. The summed E-state index contributed by atoms with van der Waals surface area (Å²) < 4.78 is 11.5. The summed E-state index contributed by atoms with van der Waals surface area (Å²) in [5.41, 5.74) is 8.94. The van der Waals surface area contributed by atoms with Crippen molar-refractivity contribution in [1.82, 2.24) is 0 Å². The van der Waals surface area contributed by atoms with Crippen LogP contribution < -0.4 is 4.74 Å². The van der Waals surface area contributed by atoms with E-state index in [-0.39, 0.29) is 6.61 Å². The van der Waals surface area contributed by atoms with Crippen LogP contribution in [0.25, 0.3) is 10.4 Å². The fraction of sp³-hybridized carbons (Fsp3) is 0.588. The van der Waals surface area contributed by atoms with Crippen molar-refractivity contribution in [3.8, 4) is 5.75 Å². The van der Waals surface area contributed by atoms with Gasteiger partial charge < -0.3 is 14.3 Å². The van der Waals surface area contributed by atoms with Gasteiger partial charge in [0.1, 0.15) is 18.6 Å². The molecule has 0 fully saturated rings. The second kappa shape index (κ2) is 10.9. The van der Waals surface area contributed by atoms with Gasteiger partial charge in [0.05, 0.1) is 6.10 Å². The summed E-state index contributed by atoms with van der Waals surface area (Å²) in [5, 5.41) is 13.6. The fourth-order valence-electron chi connectivity index (χ4n) is 2.53. The number of aliphatic hydroxyl groups is 1. The Balaban J connectivity index is 2.27. The van der Waals surface area contributed by atoms with Crippen molar-refractivity contribution in [2.24, 2.45) is 11.0 Å². The summed E-state index contributed by atoms with van der Waals surface area (Å²) in [6.07, 6.45) is 0.652. The van der Waals surface area contributed by atoms with Gasteiger partial charge in [-0.15, -0.1) is 0 Å². The van der Waals surface area contributed by atoms with E-state index in [1.165, 1.54) is 0 Å². The molecule has 1 aromatic rings. The Kier molecular flexibility index (Phi) is 9.23. The number of carbonyl (C=O) groups is 1. The van der Waals surface area contributed by atoms with Crippen LogP contribution in [0.5, 0.6) is 5.75 Å². The minimum atomic E-state index is -1.85. The average Bonchev–Trinajstić information content (AvgIpc) is 2.58. The summed E-state index contributed by atoms with van der Waals surface area (Å²) in [6.45, 7) is 7.43. The van der Waals surface area contributed by atoms with Gasteiger partial charge in [0.25, 0.3) is 0 Å².